The summed E-state index contributed by atoms with van der Waals surface area (Å²) in [5.41, 5.74) is 7.09. The standard InChI is InChI=1S/C13H18N2O3S/c14-11-5-3-10(4-6-11)8-13(16)15-12-2-1-7-19(17,18)9-12/h3-6,12H,1-2,7-9,14H2,(H,15,16). The normalized spacial score (nSPS) is 21.8. The van der Waals surface area contributed by atoms with Crippen molar-refractivity contribution in [1.29, 1.82) is 0 Å². The monoisotopic (exact) mass is 282 g/mol. The Morgan fingerprint density at radius 3 is 2.63 bits per heavy atom. The summed E-state index contributed by atoms with van der Waals surface area (Å²) in [5.74, 6) is 0.143. The van der Waals surface area contributed by atoms with E-state index in [1.54, 1.807) is 24.3 Å². The van der Waals surface area contributed by atoms with E-state index >= 15 is 0 Å². The third-order valence-electron chi connectivity index (χ3n) is 3.17. The number of amides is 1. The molecule has 1 aromatic carbocycles. The molecule has 1 unspecified atom stereocenters. The van der Waals surface area contributed by atoms with Gasteiger partial charge < -0.3 is 11.1 Å². The molecule has 5 nitrogen and oxygen atoms in total. The Hall–Kier alpha value is -1.56. The molecule has 1 heterocycles. The highest BCUT2D eigenvalue weighted by Crippen LogP contribution is 2.12. The average molecular weight is 282 g/mol. The van der Waals surface area contributed by atoms with Crippen molar-refractivity contribution in [2.45, 2.75) is 25.3 Å². The first-order chi connectivity index (χ1) is 8.94. The average Bonchev–Trinajstić information content (AvgIpc) is 2.30. The van der Waals surface area contributed by atoms with Crippen LogP contribution in [0.2, 0.25) is 0 Å². The maximum Gasteiger partial charge on any atom is 0.224 e. The van der Waals surface area contributed by atoms with Crippen molar-refractivity contribution in [2.75, 3.05) is 17.2 Å². The summed E-state index contributed by atoms with van der Waals surface area (Å²) < 4.78 is 22.9. The largest absolute Gasteiger partial charge is 0.399 e. The first-order valence-corrected chi connectivity index (χ1v) is 8.11. The summed E-state index contributed by atoms with van der Waals surface area (Å²) in [6.45, 7) is 0. The van der Waals surface area contributed by atoms with Crippen LogP contribution in [0.3, 0.4) is 0 Å². The molecule has 3 N–H and O–H groups in total. The Balaban J connectivity index is 1.89. The zero-order valence-electron chi connectivity index (χ0n) is 10.6. The Morgan fingerprint density at radius 2 is 2.00 bits per heavy atom. The van der Waals surface area contributed by atoms with Crippen molar-refractivity contribution in [2.24, 2.45) is 0 Å². The molecule has 104 valence electrons. The highest BCUT2D eigenvalue weighted by atomic mass is 32.2. The van der Waals surface area contributed by atoms with E-state index in [1.807, 2.05) is 0 Å². The fourth-order valence-electron chi connectivity index (χ4n) is 2.24. The summed E-state index contributed by atoms with van der Waals surface area (Å²) in [6.07, 6.45) is 1.60. The van der Waals surface area contributed by atoms with Gasteiger partial charge in [-0.25, -0.2) is 8.42 Å². The summed E-state index contributed by atoms with van der Waals surface area (Å²) in [4.78, 5) is 11.8. The number of nitrogens with one attached hydrogen (secondary N) is 1. The van der Waals surface area contributed by atoms with Crippen molar-refractivity contribution in [3.63, 3.8) is 0 Å². The molecule has 1 aliphatic rings. The Kier molecular flexibility index (Phi) is 4.09. The van der Waals surface area contributed by atoms with Crippen LogP contribution in [0, 0.1) is 0 Å². The molecule has 0 aliphatic carbocycles. The first-order valence-electron chi connectivity index (χ1n) is 6.29. The van der Waals surface area contributed by atoms with Crippen LogP contribution in [-0.4, -0.2) is 31.9 Å². The van der Waals surface area contributed by atoms with Crippen LogP contribution in [0.25, 0.3) is 0 Å². The first kappa shape index (κ1) is 13.9. The maximum atomic E-state index is 11.8. The summed E-state index contributed by atoms with van der Waals surface area (Å²) in [6, 6.07) is 6.83. The van der Waals surface area contributed by atoms with Crippen molar-refractivity contribution < 1.29 is 13.2 Å². The number of rotatable bonds is 3. The lowest BCUT2D eigenvalue weighted by atomic mass is 10.1. The van der Waals surface area contributed by atoms with Crippen LogP contribution < -0.4 is 11.1 Å². The second-order valence-corrected chi connectivity index (χ2v) is 7.17. The van der Waals surface area contributed by atoms with Crippen LogP contribution >= 0.6 is 0 Å². The van der Waals surface area contributed by atoms with Crippen LogP contribution in [0.5, 0.6) is 0 Å². The number of sulfone groups is 1. The smallest absolute Gasteiger partial charge is 0.224 e. The lowest BCUT2D eigenvalue weighted by molar-refractivity contribution is -0.121. The van der Waals surface area contributed by atoms with E-state index in [1.165, 1.54) is 0 Å². The van der Waals surface area contributed by atoms with E-state index in [2.05, 4.69) is 5.32 Å². The van der Waals surface area contributed by atoms with E-state index in [4.69, 9.17) is 5.73 Å². The number of anilines is 1. The molecule has 1 saturated heterocycles. The van der Waals surface area contributed by atoms with Gasteiger partial charge in [0, 0.05) is 11.7 Å². The number of nitrogen functional groups attached to an aromatic ring is 1. The zero-order valence-corrected chi connectivity index (χ0v) is 11.4. The van der Waals surface area contributed by atoms with Gasteiger partial charge in [0.15, 0.2) is 9.84 Å². The Bertz CT molecular complexity index is 552. The molecular weight excluding hydrogens is 264 g/mol. The molecule has 1 amide bonds. The highest BCUT2D eigenvalue weighted by molar-refractivity contribution is 7.91. The SMILES string of the molecule is Nc1ccc(CC(=O)NC2CCCS(=O)(=O)C2)cc1. The van der Waals surface area contributed by atoms with Crippen LogP contribution in [0.1, 0.15) is 18.4 Å². The van der Waals surface area contributed by atoms with Crippen LogP contribution in [0.4, 0.5) is 5.69 Å². The van der Waals surface area contributed by atoms with E-state index in [0.717, 1.165) is 12.0 Å². The van der Waals surface area contributed by atoms with E-state index in [0.29, 0.717) is 12.1 Å². The summed E-state index contributed by atoms with van der Waals surface area (Å²) in [5, 5.41) is 2.79. The van der Waals surface area contributed by atoms with Gasteiger partial charge >= 0.3 is 0 Å². The van der Waals surface area contributed by atoms with Crippen molar-refractivity contribution in [3.8, 4) is 0 Å². The predicted octanol–water partition coefficient (Wildman–Crippen LogP) is 0.505. The second-order valence-electron chi connectivity index (χ2n) is 4.94. The minimum absolute atomic E-state index is 0.0560. The molecule has 0 spiro atoms. The highest BCUT2D eigenvalue weighted by Gasteiger charge is 2.25. The fourth-order valence-corrected chi connectivity index (χ4v) is 3.87. The van der Waals surface area contributed by atoms with Gasteiger partial charge in [-0.15, -0.1) is 0 Å². The third kappa shape index (κ3) is 4.24. The molecule has 1 fully saturated rings. The molecule has 19 heavy (non-hydrogen) atoms. The molecular formula is C13H18N2O3S. The van der Waals surface area contributed by atoms with Gasteiger partial charge in [-0.3, -0.25) is 4.79 Å². The number of hydrogen-bond donors (Lipinski definition) is 2. The lowest BCUT2D eigenvalue weighted by Crippen LogP contribution is -2.43. The molecule has 1 aliphatic heterocycles. The Morgan fingerprint density at radius 1 is 1.32 bits per heavy atom. The maximum absolute atomic E-state index is 11.8. The fraction of sp³-hybridized carbons (Fsp3) is 0.462. The molecule has 1 aromatic rings. The van der Waals surface area contributed by atoms with E-state index < -0.39 is 9.84 Å². The number of hydrogen-bond acceptors (Lipinski definition) is 4. The molecule has 0 aromatic heterocycles. The van der Waals surface area contributed by atoms with Crippen LogP contribution in [-0.2, 0) is 21.1 Å². The van der Waals surface area contributed by atoms with Gasteiger partial charge in [0.1, 0.15) is 0 Å². The molecule has 1 atom stereocenters. The molecule has 0 bridgehead atoms. The number of carbonyl (C=O) groups is 1. The third-order valence-corrected chi connectivity index (χ3v) is 4.99. The minimum atomic E-state index is -2.99. The van der Waals surface area contributed by atoms with Gasteiger partial charge in [-0.2, -0.15) is 0 Å². The number of carbonyl (C=O) groups excluding carboxylic acids is 1. The quantitative estimate of drug-likeness (QED) is 0.790. The molecule has 2 rings (SSSR count). The van der Waals surface area contributed by atoms with E-state index in [-0.39, 0.29) is 29.9 Å². The zero-order chi connectivity index (χ0) is 13.9. The summed E-state index contributed by atoms with van der Waals surface area (Å²) in [7, 11) is -2.99. The van der Waals surface area contributed by atoms with Gasteiger partial charge in [-0.1, -0.05) is 12.1 Å². The Labute approximate surface area is 113 Å². The van der Waals surface area contributed by atoms with Crippen molar-refractivity contribution in [1.82, 2.24) is 5.32 Å². The van der Waals surface area contributed by atoms with Crippen molar-refractivity contribution >= 4 is 21.4 Å². The van der Waals surface area contributed by atoms with Gasteiger partial charge in [0.2, 0.25) is 5.91 Å². The lowest BCUT2D eigenvalue weighted by Gasteiger charge is -2.23. The molecule has 0 saturated carbocycles. The topological polar surface area (TPSA) is 89.3 Å². The predicted molar refractivity (Wildman–Crippen MR) is 74.4 cm³/mol. The van der Waals surface area contributed by atoms with Gasteiger partial charge in [0.05, 0.1) is 17.9 Å². The molecule has 6 heteroatoms. The summed E-state index contributed by atoms with van der Waals surface area (Å²) >= 11 is 0. The number of benzene rings is 1. The second kappa shape index (κ2) is 5.61. The van der Waals surface area contributed by atoms with Gasteiger partial charge in [0.25, 0.3) is 0 Å². The van der Waals surface area contributed by atoms with Crippen LogP contribution in [0.15, 0.2) is 24.3 Å². The number of nitrogens with two attached hydrogens (primary N) is 1. The van der Waals surface area contributed by atoms with Crippen molar-refractivity contribution in [3.05, 3.63) is 29.8 Å². The molecule has 0 radical (unpaired) electrons. The van der Waals surface area contributed by atoms with Gasteiger partial charge in [-0.05, 0) is 30.5 Å². The van der Waals surface area contributed by atoms with E-state index in [9.17, 15) is 13.2 Å². The minimum Gasteiger partial charge on any atom is -0.399 e.